The molecule has 1 aliphatic rings. The van der Waals surface area contributed by atoms with Gasteiger partial charge in [0.2, 0.25) is 5.82 Å². The number of aliphatic hydroxyl groups is 1. The topological polar surface area (TPSA) is 79.5 Å². The van der Waals surface area contributed by atoms with Gasteiger partial charge in [-0.3, -0.25) is 10.1 Å². The molecule has 2 rings (SSSR count). The van der Waals surface area contributed by atoms with Crippen LogP contribution in [0.5, 0.6) is 0 Å². The fourth-order valence-corrected chi connectivity index (χ4v) is 3.06. The highest BCUT2D eigenvalue weighted by Crippen LogP contribution is 2.33. The number of aliphatic hydroxyl groups excluding tert-OH is 1. The van der Waals surface area contributed by atoms with E-state index in [4.69, 9.17) is 0 Å². The predicted octanol–water partition coefficient (Wildman–Crippen LogP) is 2.88. The van der Waals surface area contributed by atoms with Gasteiger partial charge in [0.25, 0.3) is 0 Å². The lowest BCUT2D eigenvalue weighted by Gasteiger charge is -2.34. The Balaban J connectivity index is 2.35. The first-order valence-corrected chi connectivity index (χ1v) is 7.60. The Kier molecular flexibility index (Phi) is 5.31. The van der Waals surface area contributed by atoms with Crippen molar-refractivity contribution in [1.29, 1.82) is 0 Å². The summed E-state index contributed by atoms with van der Waals surface area (Å²) >= 11 is 3.21. The van der Waals surface area contributed by atoms with E-state index < -0.39 is 4.92 Å². The summed E-state index contributed by atoms with van der Waals surface area (Å²) in [6, 6.07) is 1.69. The van der Waals surface area contributed by atoms with Crippen molar-refractivity contribution in [3.8, 4) is 0 Å². The molecule has 1 fully saturated rings. The third-order valence-electron chi connectivity index (χ3n) is 3.64. The van der Waals surface area contributed by atoms with Gasteiger partial charge in [0.05, 0.1) is 11.5 Å². The lowest BCUT2D eigenvalue weighted by Crippen LogP contribution is -2.39. The van der Waals surface area contributed by atoms with E-state index in [1.54, 1.807) is 6.20 Å². The molecule has 1 heterocycles. The van der Waals surface area contributed by atoms with Gasteiger partial charge in [-0.2, -0.15) is 0 Å². The molecule has 1 aliphatic carbocycles. The van der Waals surface area contributed by atoms with Crippen LogP contribution in [0.25, 0.3) is 0 Å². The Morgan fingerprint density at radius 2 is 2.15 bits per heavy atom. The molecular weight excluding hydrogens is 326 g/mol. The molecule has 0 spiro atoms. The Morgan fingerprint density at radius 1 is 1.45 bits per heavy atom. The van der Waals surface area contributed by atoms with E-state index >= 15 is 0 Å². The largest absolute Gasteiger partial charge is 0.395 e. The van der Waals surface area contributed by atoms with Crippen LogP contribution in [0.2, 0.25) is 0 Å². The third kappa shape index (κ3) is 3.46. The zero-order valence-corrected chi connectivity index (χ0v) is 12.8. The van der Waals surface area contributed by atoms with E-state index in [0.717, 1.165) is 25.7 Å². The Hall–Kier alpha value is -1.21. The van der Waals surface area contributed by atoms with Crippen LogP contribution in [0.15, 0.2) is 16.7 Å². The highest BCUT2D eigenvalue weighted by molar-refractivity contribution is 9.10. The van der Waals surface area contributed by atoms with Gasteiger partial charge in [-0.1, -0.05) is 19.3 Å². The van der Waals surface area contributed by atoms with E-state index in [1.165, 1.54) is 12.5 Å². The van der Waals surface area contributed by atoms with Crippen LogP contribution in [0.4, 0.5) is 11.5 Å². The Morgan fingerprint density at radius 3 is 2.75 bits per heavy atom. The summed E-state index contributed by atoms with van der Waals surface area (Å²) < 4.78 is 0.584. The van der Waals surface area contributed by atoms with Crippen molar-refractivity contribution in [3.05, 3.63) is 26.9 Å². The monoisotopic (exact) mass is 343 g/mol. The SMILES string of the molecule is O=[N+]([O-])c1cc(Br)cnc1N(CCO)C1CCCCC1. The van der Waals surface area contributed by atoms with Crippen molar-refractivity contribution in [3.63, 3.8) is 0 Å². The minimum Gasteiger partial charge on any atom is -0.395 e. The van der Waals surface area contributed by atoms with E-state index in [1.807, 2.05) is 4.90 Å². The van der Waals surface area contributed by atoms with Gasteiger partial charge >= 0.3 is 5.69 Å². The summed E-state index contributed by atoms with van der Waals surface area (Å²) in [6.45, 7) is 0.339. The van der Waals surface area contributed by atoms with Gasteiger partial charge in [0.1, 0.15) is 0 Å². The van der Waals surface area contributed by atoms with Crippen molar-refractivity contribution in [2.24, 2.45) is 0 Å². The van der Waals surface area contributed by atoms with Crippen LogP contribution in [0, 0.1) is 10.1 Å². The van der Waals surface area contributed by atoms with Crippen LogP contribution >= 0.6 is 15.9 Å². The number of hydrogen-bond donors (Lipinski definition) is 1. The van der Waals surface area contributed by atoms with E-state index in [9.17, 15) is 15.2 Å². The number of nitrogens with zero attached hydrogens (tertiary/aromatic N) is 3. The molecule has 20 heavy (non-hydrogen) atoms. The van der Waals surface area contributed by atoms with Crippen LogP contribution in [0.3, 0.4) is 0 Å². The number of nitro groups is 1. The smallest absolute Gasteiger partial charge is 0.312 e. The summed E-state index contributed by atoms with van der Waals surface area (Å²) in [7, 11) is 0. The van der Waals surface area contributed by atoms with Crippen LogP contribution < -0.4 is 4.90 Å². The second-order valence-corrected chi connectivity index (χ2v) is 5.88. The number of rotatable bonds is 5. The second kappa shape index (κ2) is 6.99. The lowest BCUT2D eigenvalue weighted by molar-refractivity contribution is -0.384. The first-order chi connectivity index (χ1) is 9.63. The van der Waals surface area contributed by atoms with Crippen molar-refractivity contribution >= 4 is 27.4 Å². The molecule has 1 aromatic heterocycles. The molecule has 0 amide bonds. The fourth-order valence-electron chi connectivity index (χ4n) is 2.74. The van der Waals surface area contributed by atoms with Crippen LogP contribution in [0.1, 0.15) is 32.1 Å². The molecule has 6 nitrogen and oxygen atoms in total. The molecule has 110 valence electrons. The van der Waals surface area contributed by atoms with Gasteiger partial charge < -0.3 is 10.0 Å². The molecule has 0 atom stereocenters. The van der Waals surface area contributed by atoms with Crippen molar-refractivity contribution in [2.75, 3.05) is 18.1 Å². The minimum absolute atomic E-state index is 0.0154. The fraction of sp³-hybridized carbons (Fsp3) is 0.615. The minimum atomic E-state index is -0.416. The molecule has 0 unspecified atom stereocenters. The van der Waals surface area contributed by atoms with Gasteiger partial charge in [0.15, 0.2) is 0 Å². The number of hydrogen-bond acceptors (Lipinski definition) is 5. The average molecular weight is 344 g/mol. The normalized spacial score (nSPS) is 16.1. The highest BCUT2D eigenvalue weighted by atomic mass is 79.9. The predicted molar refractivity (Wildman–Crippen MR) is 79.9 cm³/mol. The quantitative estimate of drug-likeness (QED) is 0.656. The Labute approximate surface area is 126 Å². The third-order valence-corrected chi connectivity index (χ3v) is 4.07. The van der Waals surface area contributed by atoms with E-state index in [-0.39, 0.29) is 18.3 Å². The van der Waals surface area contributed by atoms with Gasteiger partial charge in [0, 0.05) is 29.3 Å². The van der Waals surface area contributed by atoms with E-state index in [0.29, 0.717) is 16.8 Å². The maximum Gasteiger partial charge on any atom is 0.312 e. The number of pyridine rings is 1. The number of halogens is 1. The molecule has 0 aromatic carbocycles. The zero-order chi connectivity index (χ0) is 14.5. The van der Waals surface area contributed by atoms with Crippen molar-refractivity contribution in [2.45, 2.75) is 38.1 Å². The lowest BCUT2D eigenvalue weighted by atomic mass is 9.94. The van der Waals surface area contributed by atoms with Crippen LogP contribution in [-0.4, -0.2) is 34.2 Å². The molecule has 0 saturated heterocycles. The molecular formula is C13H18BrN3O3. The number of anilines is 1. The summed E-state index contributed by atoms with van der Waals surface area (Å²) in [5.74, 6) is 0.360. The summed E-state index contributed by atoms with van der Waals surface area (Å²) in [5.41, 5.74) is -0.0154. The van der Waals surface area contributed by atoms with Gasteiger partial charge in [-0.25, -0.2) is 4.98 Å². The summed E-state index contributed by atoms with van der Waals surface area (Å²) in [6.07, 6.45) is 7.01. The van der Waals surface area contributed by atoms with E-state index in [2.05, 4.69) is 20.9 Å². The summed E-state index contributed by atoms with van der Waals surface area (Å²) in [4.78, 5) is 16.9. The maximum atomic E-state index is 11.2. The standard InChI is InChI=1S/C13H18BrN3O3/c14-10-8-12(17(19)20)13(15-9-10)16(6-7-18)11-4-2-1-3-5-11/h8-9,11,18H,1-7H2. The molecule has 0 aliphatic heterocycles. The maximum absolute atomic E-state index is 11.2. The summed E-state index contributed by atoms with van der Waals surface area (Å²) in [5, 5.41) is 20.5. The first kappa shape index (κ1) is 15.2. The molecule has 0 bridgehead atoms. The molecule has 1 N–H and O–H groups in total. The Bertz CT molecular complexity index is 478. The molecule has 1 saturated carbocycles. The van der Waals surface area contributed by atoms with Crippen molar-refractivity contribution in [1.82, 2.24) is 4.98 Å². The molecule has 1 aromatic rings. The number of aromatic nitrogens is 1. The van der Waals surface area contributed by atoms with Crippen molar-refractivity contribution < 1.29 is 10.0 Å². The first-order valence-electron chi connectivity index (χ1n) is 6.81. The van der Waals surface area contributed by atoms with Gasteiger partial charge in [-0.15, -0.1) is 0 Å². The highest BCUT2D eigenvalue weighted by Gasteiger charge is 2.28. The molecule has 7 heteroatoms. The van der Waals surface area contributed by atoms with Gasteiger partial charge in [-0.05, 0) is 28.8 Å². The molecule has 0 radical (unpaired) electrons. The average Bonchev–Trinajstić information content (AvgIpc) is 2.46. The second-order valence-electron chi connectivity index (χ2n) is 4.96. The zero-order valence-electron chi connectivity index (χ0n) is 11.2. The van der Waals surface area contributed by atoms with Crippen LogP contribution in [-0.2, 0) is 0 Å².